The molecule has 0 amide bonds. The van der Waals surface area contributed by atoms with E-state index in [1.807, 2.05) is 6.92 Å². The molecule has 1 aromatic rings. The van der Waals surface area contributed by atoms with Gasteiger partial charge in [0.05, 0.1) is 5.54 Å². The number of rotatable bonds is 3. The van der Waals surface area contributed by atoms with Gasteiger partial charge in [-0.25, -0.2) is 0 Å². The summed E-state index contributed by atoms with van der Waals surface area (Å²) < 4.78 is 5.16. The van der Waals surface area contributed by atoms with Gasteiger partial charge < -0.3 is 10.3 Å². The van der Waals surface area contributed by atoms with Gasteiger partial charge in [-0.1, -0.05) is 38.3 Å². The van der Waals surface area contributed by atoms with Crippen molar-refractivity contribution in [3.8, 4) is 0 Å². The fraction of sp³-hybridized carbons (Fsp3) is 0.833. The Labute approximate surface area is 96.6 Å². The van der Waals surface area contributed by atoms with Gasteiger partial charge in [-0.3, -0.25) is 0 Å². The standard InChI is InChI=1S/C12H21N3O/c1-3-9-6-5-7-12(13,8-9)11-14-10(4-2)16-15-11/h9H,3-8,13H2,1-2H3. The Bertz CT molecular complexity index is 350. The van der Waals surface area contributed by atoms with Crippen LogP contribution in [0.15, 0.2) is 4.52 Å². The summed E-state index contributed by atoms with van der Waals surface area (Å²) in [6.45, 7) is 4.24. The molecule has 0 aliphatic heterocycles. The van der Waals surface area contributed by atoms with Gasteiger partial charge >= 0.3 is 0 Å². The van der Waals surface area contributed by atoms with Crippen molar-refractivity contribution in [2.75, 3.05) is 0 Å². The number of hydrogen-bond donors (Lipinski definition) is 1. The molecule has 2 unspecified atom stereocenters. The van der Waals surface area contributed by atoms with Crippen molar-refractivity contribution in [2.24, 2.45) is 11.7 Å². The first-order valence-corrected chi connectivity index (χ1v) is 6.30. The molecule has 2 atom stereocenters. The Morgan fingerprint density at radius 2 is 2.31 bits per heavy atom. The van der Waals surface area contributed by atoms with E-state index in [1.54, 1.807) is 0 Å². The largest absolute Gasteiger partial charge is 0.339 e. The molecule has 0 bridgehead atoms. The van der Waals surface area contributed by atoms with Crippen molar-refractivity contribution < 1.29 is 4.52 Å². The van der Waals surface area contributed by atoms with Crippen LogP contribution < -0.4 is 5.73 Å². The molecule has 0 spiro atoms. The highest BCUT2D eigenvalue weighted by atomic mass is 16.5. The molecule has 4 heteroatoms. The maximum absolute atomic E-state index is 6.43. The Morgan fingerprint density at radius 3 is 2.94 bits per heavy atom. The molecule has 1 aliphatic rings. The van der Waals surface area contributed by atoms with Crippen LogP contribution in [0.2, 0.25) is 0 Å². The van der Waals surface area contributed by atoms with Gasteiger partial charge in [0.1, 0.15) is 0 Å². The molecule has 1 fully saturated rings. The van der Waals surface area contributed by atoms with Crippen LogP contribution >= 0.6 is 0 Å². The summed E-state index contributed by atoms with van der Waals surface area (Å²) in [5.41, 5.74) is 6.08. The summed E-state index contributed by atoms with van der Waals surface area (Å²) in [5.74, 6) is 2.11. The quantitative estimate of drug-likeness (QED) is 0.854. The first-order valence-electron chi connectivity index (χ1n) is 6.30. The molecule has 90 valence electrons. The van der Waals surface area contributed by atoms with E-state index >= 15 is 0 Å². The Hall–Kier alpha value is -0.900. The number of aromatic nitrogens is 2. The Morgan fingerprint density at radius 1 is 1.50 bits per heavy atom. The van der Waals surface area contributed by atoms with E-state index in [0.29, 0.717) is 17.6 Å². The predicted molar refractivity (Wildman–Crippen MR) is 61.8 cm³/mol. The van der Waals surface area contributed by atoms with E-state index in [1.165, 1.54) is 19.3 Å². The molecule has 0 aromatic carbocycles. The maximum Gasteiger partial charge on any atom is 0.226 e. The smallest absolute Gasteiger partial charge is 0.226 e. The molecular formula is C12H21N3O. The highest BCUT2D eigenvalue weighted by Gasteiger charge is 2.37. The van der Waals surface area contributed by atoms with Gasteiger partial charge in [-0.2, -0.15) is 4.98 Å². The highest BCUT2D eigenvalue weighted by molar-refractivity contribution is 5.06. The summed E-state index contributed by atoms with van der Waals surface area (Å²) in [4.78, 5) is 4.39. The molecule has 4 nitrogen and oxygen atoms in total. The first-order chi connectivity index (χ1) is 7.68. The van der Waals surface area contributed by atoms with E-state index in [9.17, 15) is 0 Å². The van der Waals surface area contributed by atoms with Crippen LogP contribution in [0.5, 0.6) is 0 Å². The number of aryl methyl sites for hydroxylation is 1. The number of hydrogen-bond acceptors (Lipinski definition) is 4. The van der Waals surface area contributed by atoms with E-state index in [2.05, 4.69) is 17.1 Å². The van der Waals surface area contributed by atoms with Crippen molar-refractivity contribution in [1.29, 1.82) is 0 Å². The van der Waals surface area contributed by atoms with Gasteiger partial charge in [0, 0.05) is 6.42 Å². The second-order valence-electron chi connectivity index (χ2n) is 4.89. The fourth-order valence-corrected chi connectivity index (χ4v) is 2.58. The van der Waals surface area contributed by atoms with E-state index in [0.717, 1.165) is 19.3 Å². The fourth-order valence-electron chi connectivity index (χ4n) is 2.58. The molecule has 0 radical (unpaired) electrons. The lowest BCUT2D eigenvalue weighted by molar-refractivity contribution is 0.206. The third-order valence-electron chi connectivity index (χ3n) is 3.68. The van der Waals surface area contributed by atoms with Crippen LogP contribution in [0.1, 0.15) is 57.7 Å². The SMILES string of the molecule is CCc1nc(C2(N)CCCC(CC)C2)no1. The normalized spacial score (nSPS) is 30.6. The topological polar surface area (TPSA) is 64.9 Å². The van der Waals surface area contributed by atoms with Gasteiger partial charge in [0.2, 0.25) is 5.89 Å². The average molecular weight is 223 g/mol. The van der Waals surface area contributed by atoms with Crippen molar-refractivity contribution in [3.63, 3.8) is 0 Å². The first kappa shape index (κ1) is 11.6. The highest BCUT2D eigenvalue weighted by Crippen LogP contribution is 2.37. The van der Waals surface area contributed by atoms with Crippen LogP contribution in [0.4, 0.5) is 0 Å². The molecule has 1 aromatic heterocycles. The minimum absolute atomic E-state index is 0.351. The predicted octanol–water partition coefficient (Wildman–Crippen LogP) is 2.39. The Balaban J connectivity index is 2.16. The molecular weight excluding hydrogens is 202 g/mol. The monoisotopic (exact) mass is 223 g/mol. The van der Waals surface area contributed by atoms with Crippen LogP contribution in [-0.4, -0.2) is 10.1 Å². The Kier molecular flexibility index (Phi) is 3.28. The summed E-state index contributed by atoms with van der Waals surface area (Å²) >= 11 is 0. The molecule has 1 heterocycles. The van der Waals surface area contributed by atoms with Crippen LogP contribution in [-0.2, 0) is 12.0 Å². The van der Waals surface area contributed by atoms with E-state index < -0.39 is 0 Å². The third-order valence-corrected chi connectivity index (χ3v) is 3.68. The lowest BCUT2D eigenvalue weighted by atomic mass is 9.75. The van der Waals surface area contributed by atoms with E-state index in [4.69, 9.17) is 10.3 Å². The van der Waals surface area contributed by atoms with Gasteiger partial charge in [-0.05, 0) is 18.8 Å². The lowest BCUT2D eigenvalue weighted by Crippen LogP contribution is -2.42. The average Bonchev–Trinajstić information content (AvgIpc) is 2.78. The van der Waals surface area contributed by atoms with Crippen molar-refractivity contribution >= 4 is 0 Å². The van der Waals surface area contributed by atoms with Gasteiger partial charge in [-0.15, -0.1) is 0 Å². The zero-order chi connectivity index (χ0) is 11.6. The minimum atomic E-state index is -0.351. The molecule has 2 N–H and O–H groups in total. The minimum Gasteiger partial charge on any atom is -0.339 e. The summed E-state index contributed by atoms with van der Waals surface area (Å²) in [7, 11) is 0. The van der Waals surface area contributed by atoms with Crippen LogP contribution in [0.3, 0.4) is 0 Å². The summed E-state index contributed by atoms with van der Waals surface area (Å²) in [6, 6.07) is 0. The second kappa shape index (κ2) is 4.53. The molecule has 1 aliphatic carbocycles. The van der Waals surface area contributed by atoms with Crippen LogP contribution in [0.25, 0.3) is 0 Å². The summed E-state index contributed by atoms with van der Waals surface area (Å²) in [5, 5.41) is 4.04. The zero-order valence-electron chi connectivity index (χ0n) is 10.2. The van der Waals surface area contributed by atoms with Gasteiger partial charge in [0.25, 0.3) is 0 Å². The van der Waals surface area contributed by atoms with Crippen LogP contribution in [0, 0.1) is 5.92 Å². The van der Waals surface area contributed by atoms with E-state index in [-0.39, 0.29) is 5.54 Å². The van der Waals surface area contributed by atoms with Crippen molar-refractivity contribution in [3.05, 3.63) is 11.7 Å². The second-order valence-corrected chi connectivity index (χ2v) is 4.89. The summed E-state index contributed by atoms with van der Waals surface area (Å²) in [6.07, 6.45) is 6.40. The van der Waals surface area contributed by atoms with Crippen molar-refractivity contribution in [1.82, 2.24) is 10.1 Å². The molecule has 1 saturated carbocycles. The lowest BCUT2D eigenvalue weighted by Gasteiger charge is -2.35. The number of nitrogens with zero attached hydrogens (tertiary/aromatic N) is 2. The molecule has 16 heavy (non-hydrogen) atoms. The number of nitrogens with two attached hydrogens (primary N) is 1. The van der Waals surface area contributed by atoms with Crippen molar-refractivity contribution in [2.45, 2.75) is 57.9 Å². The molecule has 2 rings (SSSR count). The maximum atomic E-state index is 6.43. The third kappa shape index (κ3) is 2.12. The van der Waals surface area contributed by atoms with Gasteiger partial charge in [0.15, 0.2) is 5.82 Å². The molecule has 0 saturated heterocycles. The zero-order valence-corrected chi connectivity index (χ0v) is 10.2.